The molecule has 2 saturated carbocycles. The Balaban J connectivity index is 2.01. The SMILES string of the molecule is C=CC(=O)OC1C2CC3C1N(C(C)(C)C)S(=O)(=O)C3C2. The minimum atomic E-state index is -3.29. The maximum Gasteiger partial charge on any atom is 0.330 e. The Labute approximate surface area is 120 Å². The zero-order valence-electron chi connectivity index (χ0n) is 12.1. The van der Waals surface area contributed by atoms with Crippen molar-refractivity contribution in [2.75, 3.05) is 0 Å². The van der Waals surface area contributed by atoms with Crippen molar-refractivity contribution in [3.8, 4) is 0 Å². The van der Waals surface area contributed by atoms with Crippen LogP contribution in [0.1, 0.15) is 33.6 Å². The third-order valence-corrected chi connectivity index (χ3v) is 7.48. The third-order valence-electron chi connectivity index (χ3n) is 4.84. The number of sulfonamides is 1. The van der Waals surface area contributed by atoms with Crippen LogP contribution in [-0.2, 0) is 19.6 Å². The van der Waals surface area contributed by atoms with Gasteiger partial charge in [0.1, 0.15) is 6.10 Å². The number of carbonyl (C=O) groups excluding carboxylic acids is 1. The molecule has 1 saturated heterocycles. The second-order valence-electron chi connectivity index (χ2n) is 7.04. The minimum Gasteiger partial charge on any atom is -0.457 e. The largest absolute Gasteiger partial charge is 0.457 e. The van der Waals surface area contributed by atoms with Crippen LogP contribution in [0.4, 0.5) is 0 Å². The van der Waals surface area contributed by atoms with Gasteiger partial charge >= 0.3 is 5.97 Å². The Bertz CT molecular complexity index is 562. The number of fused-ring (bicyclic) bond motifs is 1. The lowest BCUT2D eigenvalue weighted by molar-refractivity contribution is -0.148. The molecular formula is C14H21NO4S. The molecule has 5 atom stereocenters. The Hall–Kier alpha value is -0.880. The van der Waals surface area contributed by atoms with E-state index in [2.05, 4.69) is 6.58 Å². The summed E-state index contributed by atoms with van der Waals surface area (Å²) in [6.07, 6.45) is 2.29. The van der Waals surface area contributed by atoms with Crippen LogP contribution in [-0.4, -0.2) is 41.6 Å². The molecule has 6 heteroatoms. The second-order valence-corrected chi connectivity index (χ2v) is 9.07. The van der Waals surface area contributed by atoms with Gasteiger partial charge in [0.2, 0.25) is 10.0 Å². The summed E-state index contributed by atoms with van der Waals surface area (Å²) >= 11 is 0. The average Bonchev–Trinajstić information content (AvgIpc) is 2.90. The summed E-state index contributed by atoms with van der Waals surface area (Å²) < 4.78 is 32.5. The minimum absolute atomic E-state index is 0.104. The van der Waals surface area contributed by atoms with Crippen molar-refractivity contribution < 1.29 is 17.9 Å². The summed E-state index contributed by atoms with van der Waals surface area (Å²) in [4.78, 5) is 11.5. The normalized spacial score (nSPS) is 41.9. The maximum atomic E-state index is 12.7. The van der Waals surface area contributed by atoms with Crippen LogP contribution in [0.25, 0.3) is 0 Å². The monoisotopic (exact) mass is 299 g/mol. The average molecular weight is 299 g/mol. The maximum absolute atomic E-state index is 12.7. The predicted molar refractivity (Wildman–Crippen MR) is 74.4 cm³/mol. The van der Waals surface area contributed by atoms with E-state index in [1.165, 1.54) is 0 Å². The summed E-state index contributed by atoms with van der Waals surface area (Å²) in [6, 6.07) is -0.201. The molecular weight excluding hydrogens is 278 g/mol. The van der Waals surface area contributed by atoms with Crippen LogP contribution in [0.5, 0.6) is 0 Å². The number of carbonyl (C=O) groups is 1. The van der Waals surface area contributed by atoms with Crippen molar-refractivity contribution in [1.29, 1.82) is 0 Å². The highest BCUT2D eigenvalue weighted by atomic mass is 32.2. The van der Waals surface area contributed by atoms with Crippen LogP contribution in [0.3, 0.4) is 0 Å². The first-order chi connectivity index (χ1) is 9.17. The first-order valence-corrected chi connectivity index (χ1v) is 8.54. The lowest BCUT2D eigenvalue weighted by atomic mass is 9.90. The van der Waals surface area contributed by atoms with Crippen molar-refractivity contribution in [1.82, 2.24) is 4.31 Å². The van der Waals surface area contributed by atoms with E-state index in [0.717, 1.165) is 12.5 Å². The number of esters is 1. The molecule has 1 aliphatic heterocycles. The molecule has 1 heterocycles. The van der Waals surface area contributed by atoms with Gasteiger partial charge in [0.25, 0.3) is 0 Å². The van der Waals surface area contributed by atoms with Gasteiger partial charge in [0.05, 0.1) is 11.3 Å². The van der Waals surface area contributed by atoms with E-state index in [1.807, 2.05) is 20.8 Å². The molecule has 0 aromatic rings. The van der Waals surface area contributed by atoms with Crippen molar-refractivity contribution in [2.24, 2.45) is 11.8 Å². The van der Waals surface area contributed by atoms with Crippen LogP contribution in [0.2, 0.25) is 0 Å². The Morgan fingerprint density at radius 1 is 1.35 bits per heavy atom. The highest BCUT2D eigenvalue weighted by Crippen LogP contribution is 2.58. The Morgan fingerprint density at radius 2 is 2.00 bits per heavy atom. The summed E-state index contributed by atoms with van der Waals surface area (Å²) in [7, 11) is -3.29. The van der Waals surface area contributed by atoms with Crippen molar-refractivity contribution >= 4 is 16.0 Å². The Kier molecular flexibility index (Phi) is 2.86. The zero-order valence-corrected chi connectivity index (χ0v) is 12.9. The fraction of sp³-hybridized carbons (Fsp3) is 0.786. The molecule has 0 radical (unpaired) electrons. The quantitative estimate of drug-likeness (QED) is 0.569. The fourth-order valence-corrected chi connectivity index (χ4v) is 7.24. The molecule has 5 nitrogen and oxygen atoms in total. The molecule has 0 aromatic carbocycles. The summed E-state index contributed by atoms with van der Waals surface area (Å²) in [5.41, 5.74) is -0.492. The van der Waals surface area contributed by atoms with Gasteiger partial charge in [-0.25, -0.2) is 13.2 Å². The molecule has 0 spiro atoms. The van der Waals surface area contributed by atoms with E-state index < -0.39 is 21.5 Å². The highest BCUT2D eigenvalue weighted by molar-refractivity contribution is 7.90. The standard InChI is InChI=1S/C14H21NO4S/c1-5-11(16)19-13-8-6-9-10(7-8)20(17,18)15(12(9)13)14(2,3)4/h5,8-10,12-13H,1,6-7H2,2-4H3. The molecule has 2 aliphatic carbocycles. The van der Waals surface area contributed by atoms with Gasteiger partial charge in [0.15, 0.2) is 0 Å². The van der Waals surface area contributed by atoms with E-state index in [1.54, 1.807) is 4.31 Å². The lowest BCUT2D eigenvalue weighted by Crippen LogP contribution is -2.52. The number of hydrogen-bond donors (Lipinski definition) is 0. The molecule has 20 heavy (non-hydrogen) atoms. The number of nitrogens with zero attached hydrogens (tertiary/aromatic N) is 1. The molecule has 3 rings (SSSR count). The first kappa shape index (κ1) is 14.1. The zero-order chi connectivity index (χ0) is 14.9. The first-order valence-electron chi connectivity index (χ1n) is 7.04. The van der Waals surface area contributed by atoms with Crippen LogP contribution < -0.4 is 0 Å². The van der Waals surface area contributed by atoms with Crippen molar-refractivity contribution in [3.05, 3.63) is 12.7 Å². The smallest absolute Gasteiger partial charge is 0.330 e. The Morgan fingerprint density at radius 3 is 2.55 bits per heavy atom. The summed E-state index contributed by atoms with van der Waals surface area (Å²) in [6.45, 7) is 9.11. The van der Waals surface area contributed by atoms with E-state index >= 15 is 0 Å². The number of rotatable bonds is 2. The lowest BCUT2D eigenvalue weighted by Gasteiger charge is -2.37. The van der Waals surface area contributed by atoms with Crippen LogP contribution in [0.15, 0.2) is 12.7 Å². The molecule has 2 bridgehead atoms. The molecule has 0 N–H and O–H groups in total. The summed E-state index contributed by atoms with van der Waals surface area (Å²) in [5.74, 6) is -0.190. The van der Waals surface area contributed by atoms with Crippen LogP contribution in [0, 0.1) is 11.8 Å². The molecule has 112 valence electrons. The second kappa shape index (κ2) is 4.07. The van der Waals surface area contributed by atoms with Gasteiger partial charge in [0, 0.05) is 11.6 Å². The molecule has 0 amide bonds. The fourth-order valence-electron chi connectivity index (χ4n) is 4.36. The van der Waals surface area contributed by atoms with Gasteiger partial charge in [-0.05, 0) is 45.4 Å². The van der Waals surface area contributed by atoms with E-state index in [0.29, 0.717) is 6.42 Å². The van der Waals surface area contributed by atoms with Crippen molar-refractivity contribution in [3.63, 3.8) is 0 Å². The highest BCUT2D eigenvalue weighted by Gasteiger charge is 2.69. The number of hydrogen-bond acceptors (Lipinski definition) is 4. The predicted octanol–water partition coefficient (Wildman–Crippen LogP) is 1.31. The van der Waals surface area contributed by atoms with Crippen molar-refractivity contribution in [2.45, 2.75) is 56.5 Å². The molecule has 0 aromatic heterocycles. The van der Waals surface area contributed by atoms with E-state index in [-0.39, 0.29) is 29.2 Å². The third kappa shape index (κ3) is 1.70. The van der Waals surface area contributed by atoms with E-state index in [4.69, 9.17) is 4.74 Å². The number of ether oxygens (including phenoxy) is 1. The topological polar surface area (TPSA) is 63.7 Å². The van der Waals surface area contributed by atoms with E-state index in [9.17, 15) is 13.2 Å². The van der Waals surface area contributed by atoms with Gasteiger partial charge in [-0.3, -0.25) is 0 Å². The molecule has 5 unspecified atom stereocenters. The summed E-state index contributed by atoms with van der Waals surface area (Å²) in [5, 5.41) is -0.282. The van der Waals surface area contributed by atoms with Gasteiger partial charge in [-0.15, -0.1) is 0 Å². The van der Waals surface area contributed by atoms with Gasteiger partial charge in [-0.1, -0.05) is 6.58 Å². The van der Waals surface area contributed by atoms with Gasteiger partial charge in [-0.2, -0.15) is 4.31 Å². The molecule has 3 fully saturated rings. The van der Waals surface area contributed by atoms with Gasteiger partial charge < -0.3 is 4.74 Å². The van der Waals surface area contributed by atoms with Crippen LogP contribution >= 0.6 is 0 Å². The molecule has 3 aliphatic rings.